The Hall–Kier alpha value is -1.35. The molecule has 2 nitrogen and oxygen atoms in total. The maximum absolute atomic E-state index is 5.32. The van der Waals surface area contributed by atoms with Crippen molar-refractivity contribution in [1.82, 2.24) is 0 Å². The lowest BCUT2D eigenvalue weighted by atomic mass is 10.2. The van der Waals surface area contributed by atoms with Gasteiger partial charge in [0.05, 0.1) is 12.1 Å². The van der Waals surface area contributed by atoms with Gasteiger partial charge < -0.3 is 10.5 Å². The lowest BCUT2D eigenvalue weighted by Gasteiger charge is -1.99. The molecule has 0 heterocycles. The Morgan fingerprint density at radius 2 is 2.31 bits per heavy atom. The molecule has 0 amide bonds. The summed E-state index contributed by atoms with van der Waals surface area (Å²) in [7, 11) is 1.64. The summed E-state index contributed by atoms with van der Waals surface area (Å²) in [4.78, 5) is 0.378. The Balaban J connectivity index is 2.83. The summed E-state index contributed by atoms with van der Waals surface area (Å²) in [5.74, 6) is 0.824. The van der Waals surface area contributed by atoms with Gasteiger partial charge >= 0.3 is 0 Å². The van der Waals surface area contributed by atoms with Gasteiger partial charge in [0, 0.05) is 0 Å². The zero-order valence-corrected chi connectivity index (χ0v) is 8.17. The average molecular weight is 193 g/mol. The molecule has 0 saturated carbocycles. The number of ether oxygens (including phenoxy) is 1. The number of nitrogens with two attached hydrogens (primary N) is 1. The summed E-state index contributed by atoms with van der Waals surface area (Å²) < 4.78 is 5.06. The van der Waals surface area contributed by atoms with Crippen molar-refractivity contribution in [2.24, 2.45) is 5.73 Å². The Morgan fingerprint density at radius 3 is 2.92 bits per heavy atom. The lowest BCUT2D eigenvalue weighted by molar-refractivity contribution is 0.414. The monoisotopic (exact) mass is 193 g/mol. The topological polar surface area (TPSA) is 35.2 Å². The van der Waals surface area contributed by atoms with E-state index in [1.54, 1.807) is 13.2 Å². The largest absolute Gasteiger partial charge is 0.497 e. The van der Waals surface area contributed by atoms with E-state index in [1.165, 1.54) is 0 Å². The molecule has 0 unspecified atom stereocenters. The van der Waals surface area contributed by atoms with E-state index in [4.69, 9.17) is 22.7 Å². The summed E-state index contributed by atoms with van der Waals surface area (Å²) in [6.45, 7) is 0. The predicted molar refractivity (Wildman–Crippen MR) is 58.8 cm³/mol. The van der Waals surface area contributed by atoms with E-state index >= 15 is 0 Å². The van der Waals surface area contributed by atoms with Gasteiger partial charge in [0.15, 0.2) is 0 Å². The Morgan fingerprint density at radius 1 is 1.54 bits per heavy atom. The highest BCUT2D eigenvalue weighted by molar-refractivity contribution is 7.80. The van der Waals surface area contributed by atoms with Crippen molar-refractivity contribution in [2.45, 2.75) is 0 Å². The predicted octanol–water partition coefficient (Wildman–Crippen LogP) is 1.99. The van der Waals surface area contributed by atoms with Crippen LogP contribution in [0.1, 0.15) is 5.56 Å². The van der Waals surface area contributed by atoms with Crippen LogP contribution in [0.5, 0.6) is 5.75 Å². The maximum Gasteiger partial charge on any atom is 0.119 e. The minimum Gasteiger partial charge on any atom is -0.497 e. The molecule has 0 spiro atoms. The normalized spacial score (nSPS) is 10.2. The van der Waals surface area contributed by atoms with Crippen LogP contribution in [-0.2, 0) is 0 Å². The van der Waals surface area contributed by atoms with Gasteiger partial charge in [-0.2, -0.15) is 0 Å². The lowest BCUT2D eigenvalue weighted by Crippen LogP contribution is -2.01. The molecular formula is C10H11NOS. The van der Waals surface area contributed by atoms with Crippen LogP contribution >= 0.6 is 12.2 Å². The number of hydrogen-bond donors (Lipinski definition) is 1. The number of methoxy groups -OCH3 is 1. The third-order valence-corrected chi connectivity index (χ3v) is 1.67. The van der Waals surface area contributed by atoms with Gasteiger partial charge in [0.25, 0.3) is 0 Å². The molecule has 0 fully saturated rings. The number of benzene rings is 1. The highest BCUT2D eigenvalue weighted by atomic mass is 32.1. The Bertz CT molecular complexity index is 333. The van der Waals surface area contributed by atoms with Crippen LogP contribution in [0.25, 0.3) is 6.08 Å². The van der Waals surface area contributed by atoms with E-state index in [2.05, 4.69) is 0 Å². The fourth-order valence-corrected chi connectivity index (χ4v) is 0.992. The van der Waals surface area contributed by atoms with Crippen molar-refractivity contribution in [3.8, 4) is 5.75 Å². The van der Waals surface area contributed by atoms with E-state index in [1.807, 2.05) is 30.3 Å². The number of rotatable bonds is 3. The van der Waals surface area contributed by atoms with E-state index in [-0.39, 0.29) is 0 Å². The van der Waals surface area contributed by atoms with Gasteiger partial charge in [-0.3, -0.25) is 0 Å². The molecule has 0 aliphatic carbocycles. The molecule has 1 aromatic carbocycles. The zero-order valence-electron chi connectivity index (χ0n) is 7.36. The highest BCUT2D eigenvalue weighted by Crippen LogP contribution is 2.13. The van der Waals surface area contributed by atoms with Crippen LogP contribution < -0.4 is 10.5 Å². The van der Waals surface area contributed by atoms with Crippen molar-refractivity contribution in [2.75, 3.05) is 7.11 Å². The fourth-order valence-electron chi connectivity index (χ4n) is 0.924. The van der Waals surface area contributed by atoms with E-state index in [9.17, 15) is 0 Å². The van der Waals surface area contributed by atoms with Crippen LogP contribution in [-0.4, -0.2) is 12.1 Å². The van der Waals surface area contributed by atoms with Crippen LogP contribution in [0.4, 0.5) is 0 Å². The second kappa shape index (κ2) is 4.62. The molecule has 13 heavy (non-hydrogen) atoms. The van der Waals surface area contributed by atoms with Gasteiger partial charge in [-0.1, -0.05) is 30.4 Å². The van der Waals surface area contributed by atoms with Crippen molar-refractivity contribution < 1.29 is 4.74 Å². The second-order valence-electron chi connectivity index (χ2n) is 2.51. The molecule has 0 bridgehead atoms. The smallest absolute Gasteiger partial charge is 0.119 e. The Labute approximate surface area is 83.0 Å². The third-order valence-electron chi connectivity index (χ3n) is 1.53. The highest BCUT2D eigenvalue weighted by Gasteiger charge is 1.90. The maximum atomic E-state index is 5.32. The van der Waals surface area contributed by atoms with Crippen molar-refractivity contribution in [3.63, 3.8) is 0 Å². The summed E-state index contributed by atoms with van der Waals surface area (Å²) in [6, 6.07) is 7.67. The number of hydrogen-bond acceptors (Lipinski definition) is 2. The van der Waals surface area contributed by atoms with E-state index < -0.39 is 0 Å². The zero-order chi connectivity index (χ0) is 9.68. The standard InChI is InChI=1S/C10H11NOS/c1-12-9-4-2-3-8(7-9)5-6-10(11)13/h2-7H,1H3,(H2,11,13)/b6-5+. The molecule has 0 radical (unpaired) electrons. The van der Waals surface area contributed by atoms with Gasteiger partial charge in [-0.25, -0.2) is 0 Å². The average Bonchev–Trinajstić information content (AvgIpc) is 2.15. The van der Waals surface area contributed by atoms with Crippen LogP contribution in [0.3, 0.4) is 0 Å². The second-order valence-corrected chi connectivity index (χ2v) is 2.98. The molecular weight excluding hydrogens is 182 g/mol. The minimum atomic E-state index is 0.378. The van der Waals surface area contributed by atoms with Gasteiger partial charge in [-0.15, -0.1) is 0 Å². The first-order chi connectivity index (χ1) is 6.22. The van der Waals surface area contributed by atoms with Crippen molar-refractivity contribution >= 4 is 23.3 Å². The number of thiocarbonyl (C=S) groups is 1. The first-order valence-electron chi connectivity index (χ1n) is 3.84. The van der Waals surface area contributed by atoms with Crippen LogP contribution in [0, 0.1) is 0 Å². The van der Waals surface area contributed by atoms with Crippen LogP contribution in [0.15, 0.2) is 30.3 Å². The molecule has 68 valence electrons. The van der Waals surface area contributed by atoms with Crippen LogP contribution in [0.2, 0.25) is 0 Å². The van der Waals surface area contributed by atoms with Crippen molar-refractivity contribution in [3.05, 3.63) is 35.9 Å². The molecule has 2 N–H and O–H groups in total. The summed E-state index contributed by atoms with van der Waals surface area (Å²) in [6.07, 6.45) is 3.54. The molecule has 0 aliphatic heterocycles. The quantitative estimate of drug-likeness (QED) is 0.589. The Kier molecular flexibility index (Phi) is 3.46. The van der Waals surface area contributed by atoms with Gasteiger partial charge in [-0.05, 0) is 23.8 Å². The SMILES string of the molecule is COc1cccc(/C=C/C(N)=S)c1. The van der Waals surface area contributed by atoms with Crippen molar-refractivity contribution in [1.29, 1.82) is 0 Å². The molecule has 0 aliphatic rings. The summed E-state index contributed by atoms with van der Waals surface area (Å²) in [5, 5.41) is 0. The third kappa shape index (κ3) is 3.25. The first kappa shape index (κ1) is 9.74. The fraction of sp³-hybridized carbons (Fsp3) is 0.100. The van der Waals surface area contributed by atoms with E-state index in [0.29, 0.717) is 4.99 Å². The molecule has 1 rings (SSSR count). The minimum absolute atomic E-state index is 0.378. The summed E-state index contributed by atoms with van der Waals surface area (Å²) >= 11 is 4.72. The van der Waals surface area contributed by atoms with E-state index in [0.717, 1.165) is 11.3 Å². The molecule has 0 saturated heterocycles. The van der Waals surface area contributed by atoms with Gasteiger partial charge in [0.2, 0.25) is 0 Å². The van der Waals surface area contributed by atoms with Gasteiger partial charge in [0.1, 0.15) is 5.75 Å². The first-order valence-corrected chi connectivity index (χ1v) is 4.25. The molecule has 0 aromatic heterocycles. The molecule has 3 heteroatoms. The molecule has 1 aromatic rings. The summed E-state index contributed by atoms with van der Waals surface area (Å²) in [5.41, 5.74) is 6.34. The molecule has 0 atom stereocenters.